The zero-order valence-electron chi connectivity index (χ0n) is 20.5. The molecule has 3 aliphatic rings. The van der Waals surface area contributed by atoms with Gasteiger partial charge in [-0.2, -0.15) is 0 Å². The van der Waals surface area contributed by atoms with Crippen molar-refractivity contribution in [3.8, 4) is 11.3 Å². The molecule has 1 aromatic heterocycles. The lowest BCUT2D eigenvalue weighted by Crippen LogP contribution is -2.54. The summed E-state index contributed by atoms with van der Waals surface area (Å²) in [4.78, 5) is 13.8. The van der Waals surface area contributed by atoms with Crippen LogP contribution in [0.15, 0.2) is 95.4 Å². The normalized spacial score (nSPS) is 22.1. The number of rotatable bonds is 6. The highest BCUT2D eigenvalue weighted by molar-refractivity contribution is 6.11. The van der Waals surface area contributed by atoms with E-state index >= 15 is 0 Å². The van der Waals surface area contributed by atoms with Crippen LogP contribution in [0.4, 0.5) is 5.69 Å². The molecule has 7 nitrogen and oxygen atoms in total. The Kier molecular flexibility index (Phi) is 5.89. The van der Waals surface area contributed by atoms with Gasteiger partial charge in [-0.25, -0.2) is 4.99 Å². The maximum atomic E-state index is 9.19. The Balaban J connectivity index is 1.27. The van der Waals surface area contributed by atoms with E-state index in [2.05, 4.69) is 68.9 Å². The summed E-state index contributed by atoms with van der Waals surface area (Å²) < 4.78 is 0. The van der Waals surface area contributed by atoms with Crippen LogP contribution in [-0.4, -0.2) is 52.3 Å². The highest BCUT2D eigenvalue weighted by Gasteiger charge is 2.46. The molecule has 0 amide bonds. The summed E-state index contributed by atoms with van der Waals surface area (Å²) in [5.41, 5.74) is 5.18. The predicted molar refractivity (Wildman–Crippen MR) is 145 cm³/mol. The Morgan fingerprint density at radius 2 is 1.81 bits per heavy atom. The lowest BCUT2D eigenvalue weighted by Gasteiger charge is -2.39. The number of anilines is 1. The number of nitrogens with zero attached hydrogens (tertiary/aromatic N) is 4. The zero-order chi connectivity index (χ0) is 24.5. The third kappa shape index (κ3) is 4.21. The number of likely N-dealkylation sites (N-methyl/N-ethyl adjacent to an activating group) is 1. The summed E-state index contributed by atoms with van der Waals surface area (Å²) in [6, 6.07) is 25.2. The smallest absolute Gasteiger partial charge is 0.203 e. The van der Waals surface area contributed by atoms with Gasteiger partial charge in [-0.05, 0) is 49.1 Å². The molecule has 3 aromatic rings. The molecule has 182 valence electrons. The van der Waals surface area contributed by atoms with Gasteiger partial charge in [0.2, 0.25) is 5.96 Å². The van der Waals surface area contributed by atoms with Crippen LogP contribution in [0.3, 0.4) is 0 Å². The number of hydrogen-bond donors (Lipinski definition) is 3. The van der Waals surface area contributed by atoms with E-state index in [1.54, 1.807) is 0 Å². The molecule has 0 spiro atoms. The van der Waals surface area contributed by atoms with Gasteiger partial charge in [0.25, 0.3) is 0 Å². The van der Waals surface area contributed by atoms with Gasteiger partial charge in [-0.3, -0.25) is 15.3 Å². The first kappa shape index (κ1) is 22.3. The number of hydrogen-bond acceptors (Lipinski definition) is 6. The number of para-hydroxylation sites is 1. The number of nitrogens with one attached hydrogen (secondary N) is 3. The summed E-state index contributed by atoms with van der Waals surface area (Å²) in [7, 11) is 2.08. The lowest BCUT2D eigenvalue weighted by molar-refractivity contribution is 0.380. The molecule has 2 aromatic carbocycles. The summed E-state index contributed by atoms with van der Waals surface area (Å²) in [6.07, 6.45) is 5.21. The summed E-state index contributed by atoms with van der Waals surface area (Å²) in [6.45, 7) is 1.28. The van der Waals surface area contributed by atoms with E-state index in [1.807, 2.05) is 42.6 Å². The Labute approximate surface area is 212 Å². The summed E-state index contributed by atoms with van der Waals surface area (Å²) >= 11 is 0. The Morgan fingerprint density at radius 1 is 1.00 bits per heavy atom. The molecule has 1 aliphatic carbocycles. The average Bonchev–Trinajstić information content (AvgIpc) is 3.52. The van der Waals surface area contributed by atoms with Crippen LogP contribution in [0, 0.1) is 5.41 Å². The molecule has 2 atom stereocenters. The number of guanidine groups is 1. The van der Waals surface area contributed by atoms with Crippen molar-refractivity contribution in [3.05, 3.63) is 96.0 Å². The van der Waals surface area contributed by atoms with E-state index in [9.17, 15) is 5.41 Å². The fourth-order valence-electron chi connectivity index (χ4n) is 5.41. The number of pyridine rings is 1. The largest absolute Gasteiger partial charge is 0.367 e. The van der Waals surface area contributed by atoms with Crippen molar-refractivity contribution < 1.29 is 0 Å². The monoisotopic (exact) mass is 477 g/mol. The van der Waals surface area contributed by atoms with Gasteiger partial charge < -0.3 is 15.5 Å². The first-order valence-corrected chi connectivity index (χ1v) is 12.6. The van der Waals surface area contributed by atoms with Crippen molar-refractivity contribution in [2.24, 2.45) is 4.99 Å². The fraction of sp³-hybridized carbons (Fsp3) is 0.276. The maximum Gasteiger partial charge on any atom is 0.203 e. The van der Waals surface area contributed by atoms with E-state index in [1.165, 1.54) is 6.42 Å². The minimum Gasteiger partial charge on any atom is -0.367 e. The molecule has 2 aliphatic heterocycles. The quantitative estimate of drug-likeness (QED) is 0.481. The van der Waals surface area contributed by atoms with Crippen molar-refractivity contribution in [3.63, 3.8) is 0 Å². The van der Waals surface area contributed by atoms with Gasteiger partial charge in [0.15, 0.2) is 0 Å². The van der Waals surface area contributed by atoms with Gasteiger partial charge in [0.1, 0.15) is 11.7 Å². The third-order valence-corrected chi connectivity index (χ3v) is 7.26. The van der Waals surface area contributed by atoms with Crippen molar-refractivity contribution in [2.75, 3.05) is 18.9 Å². The highest BCUT2D eigenvalue weighted by Crippen LogP contribution is 2.36. The van der Waals surface area contributed by atoms with Gasteiger partial charge >= 0.3 is 0 Å². The van der Waals surface area contributed by atoms with Crippen LogP contribution in [0.2, 0.25) is 0 Å². The predicted octanol–water partition coefficient (Wildman–Crippen LogP) is 4.68. The number of amidine groups is 1. The van der Waals surface area contributed by atoms with Crippen molar-refractivity contribution in [1.29, 1.82) is 5.41 Å². The number of aromatic nitrogens is 1. The molecule has 2 fully saturated rings. The molecular formula is C29H31N7. The number of aliphatic imine (C=N–C) groups is 1. The Bertz CT molecular complexity index is 1300. The lowest BCUT2D eigenvalue weighted by atomic mass is 10.1. The molecule has 2 unspecified atom stereocenters. The third-order valence-electron chi connectivity index (χ3n) is 7.26. The molecule has 3 heterocycles. The fourth-order valence-corrected chi connectivity index (χ4v) is 5.41. The molecule has 36 heavy (non-hydrogen) atoms. The second-order valence-electron chi connectivity index (χ2n) is 9.68. The second kappa shape index (κ2) is 9.49. The van der Waals surface area contributed by atoms with Crippen molar-refractivity contribution in [2.45, 2.75) is 37.9 Å². The van der Waals surface area contributed by atoms with E-state index in [0.717, 1.165) is 52.7 Å². The van der Waals surface area contributed by atoms with Crippen molar-refractivity contribution >= 4 is 17.5 Å². The molecule has 3 N–H and O–H groups in total. The number of benzene rings is 2. The van der Waals surface area contributed by atoms with Crippen LogP contribution < -0.4 is 10.6 Å². The van der Waals surface area contributed by atoms with Crippen LogP contribution in [0.25, 0.3) is 11.3 Å². The molecule has 0 radical (unpaired) electrons. The van der Waals surface area contributed by atoms with Crippen molar-refractivity contribution in [1.82, 2.24) is 20.1 Å². The van der Waals surface area contributed by atoms with E-state index in [-0.39, 0.29) is 0 Å². The summed E-state index contributed by atoms with van der Waals surface area (Å²) in [5.74, 6) is 2.37. The minimum absolute atomic E-state index is 0.308. The minimum atomic E-state index is 0.308. The first-order valence-electron chi connectivity index (χ1n) is 12.6. The SMILES string of the molecule is CN1C/C(=C(/NCc2ccc(-c3ccccn3)cc2)Nc2ccccc2)C(=N)N2C1=NC1CCCC12. The molecule has 7 heteroatoms. The van der Waals surface area contributed by atoms with E-state index < -0.39 is 0 Å². The van der Waals surface area contributed by atoms with Crippen LogP contribution in [0.5, 0.6) is 0 Å². The molecule has 1 saturated heterocycles. The van der Waals surface area contributed by atoms with Gasteiger partial charge in [0, 0.05) is 31.0 Å². The van der Waals surface area contributed by atoms with Crippen LogP contribution in [-0.2, 0) is 6.54 Å². The van der Waals surface area contributed by atoms with E-state index in [4.69, 9.17) is 4.99 Å². The molecule has 0 bridgehead atoms. The summed E-state index contributed by atoms with van der Waals surface area (Å²) in [5, 5.41) is 16.4. The zero-order valence-corrected chi connectivity index (χ0v) is 20.5. The molecule has 6 rings (SSSR count). The maximum absolute atomic E-state index is 9.19. The number of fused-ring (bicyclic) bond motifs is 3. The Morgan fingerprint density at radius 3 is 2.58 bits per heavy atom. The van der Waals surface area contributed by atoms with Gasteiger partial charge in [0.05, 0.1) is 29.9 Å². The second-order valence-corrected chi connectivity index (χ2v) is 9.68. The standard InChI is InChI=1S/C29H31N7/c1-35-19-23(27(30)36-26-12-7-11-25(26)34-29(35)36)28(33-22-8-3-2-4-9-22)32-18-20-13-15-21(16-14-20)24-10-5-6-17-31-24/h2-6,8-10,13-17,25-26,30,32-33H,7,11-12,18-19H2,1H3/b28-23+,30-27?. The average molecular weight is 478 g/mol. The molecule has 1 saturated carbocycles. The Hall–Kier alpha value is -4.13. The molecular weight excluding hydrogens is 446 g/mol. The first-order chi connectivity index (χ1) is 17.7. The topological polar surface area (TPSA) is 79.6 Å². The van der Waals surface area contributed by atoms with Gasteiger partial charge in [-0.15, -0.1) is 0 Å². The van der Waals surface area contributed by atoms with Gasteiger partial charge in [-0.1, -0.05) is 48.5 Å². The van der Waals surface area contributed by atoms with Crippen LogP contribution in [0.1, 0.15) is 24.8 Å². The van der Waals surface area contributed by atoms with E-state index in [0.29, 0.717) is 31.0 Å². The highest BCUT2D eigenvalue weighted by atomic mass is 15.5. The van der Waals surface area contributed by atoms with Crippen LogP contribution >= 0.6 is 0 Å².